The SMILES string of the molecule is CNOc1ccccc1.Oc1ccccc1. The van der Waals surface area contributed by atoms with Crippen LogP contribution in [-0.4, -0.2) is 12.2 Å². The van der Waals surface area contributed by atoms with Crippen LogP contribution in [0.3, 0.4) is 0 Å². The van der Waals surface area contributed by atoms with Gasteiger partial charge in [0.1, 0.15) is 11.5 Å². The highest BCUT2D eigenvalue weighted by Crippen LogP contribution is 2.05. The molecule has 0 aliphatic heterocycles. The number of hydroxylamine groups is 1. The van der Waals surface area contributed by atoms with Gasteiger partial charge >= 0.3 is 0 Å². The molecule has 0 aliphatic carbocycles. The van der Waals surface area contributed by atoms with Crippen LogP contribution >= 0.6 is 0 Å². The summed E-state index contributed by atoms with van der Waals surface area (Å²) in [6.45, 7) is 0. The molecule has 84 valence electrons. The molecule has 3 heteroatoms. The van der Waals surface area contributed by atoms with Gasteiger partial charge in [-0.3, -0.25) is 0 Å². The van der Waals surface area contributed by atoms with Gasteiger partial charge in [0.2, 0.25) is 0 Å². The second kappa shape index (κ2) is 7.31. The maximum Gasteiger partial charge on any atom is 0.147 e. The third kappa shape index (κ3) is 5.02. The summed E-state index contributed by atoms with van der Waals surface area (Å²) in [5, 5.41) is 8.63. The van der Waals surface area contributed by atoms with E-state index in [0.29, 0.717) is 5.75 Å². The van der Waals surface area contributed by atoms with Crippen molar-refractivity contribution < 1.29 is 9.94 Å². The number of benzene rings is 2. The van der Waals surface area contributed by atoms with Crippen LogP contribution in [-0.2, 0) is 0 Å². The lowest BCUT2D eigenvalue weighted by Gasteiger charge is -1.99. The van der Waals surface area contributed by atoms with E-state index in [1.165, 1.54) is 0 Å². The lowest BCUT2D eigenvalue weighted by molar-refractivity contribution is 0.224. The largest absolute Gasteiger partial charge is 0.508 e. The van der Waals surface area contributed by atoms with Crippen molar-refractivity contribution in [1.29, 1.82) is 0 Å². The van der Waals surface area contributed by atoms with Crippen LogP contribution in [0.2, 0.25) is 0 Å². The van der Waals surface area contributed by atoms with Crippen molar-refractivity contribution in [3.8, 4) is 11.5 Å². The van der Waals surface area contributed by atoms with E-state index in [2.05, 4.69) is 5.48 Å². The predicted octanol–water partition coefficient (Wildman–Crippen LogP) is 2.59. The number of rotatable bonds is 2. The highest BCUT2D eigenvalue weighted by molar-refractivity contribution is 5.20. The molecule has 0 saturated carbocycles. The van der Waals surface area contributed by atoms with Crippen LogP contribution in [0.15, 0.2) is 60.7 Å². The van der Waals surface area contributed by atoms with E-state index in [1.807, 2.05) is 36.4 Å². The smallest absolute Gasteiger partial charge is 0.147 e. The van der Waals surface area contributed by atoms with Crippen LogP contribution < -0.4 is 10.3 Å². The number of phenolic OH excluding ortho intramolecular Hbond substituents is 1. The van der Waals surface area contributed by atoms with Crippen LogP contribution in [0, 0.1) is 0 Å². The summed E-state index contributed by atoms with van der Waals surface area (Å²) in [6.07, 6.45) is 0. The van der Waals surface area contributed by atoms with Gasteiger partial charge < -0.3 is 9.94 Å². The van der Waals surface area contributed by atoms with Gasteiger partial charge in [-0.2, -0.15) is 5.48 Å². The Hall–Kier alpha value is -2.00. The van der Waals surface area contributed by atoms with E-state index < -0.39 is 0 Å². The van der Waals surface area contributed by atoms with Gasteiger partial charge in [-0.05, 0) is 24.3 Å². The Morgan fingerprint density at radius 2 is 1.38 bits per heavy atom. The lowest BCUT2D eigenvalue weighted by atomic mass is 10.3. The topological polar surface area (TPSA) is 41.5 Å². The summed E-state index contributed by atoms with van der Waals surface area (Å²) >= 11 is 0. The van der Waals surface area contributed by atoms with Gasteiger partial charge in [0.05, 0.1) is 0 Å². The highest BCUT2D eigenvalue weighted by atomic mass is 16.6. The minimum Gasteiger partial charge on any atom is -0.508 e. The first-order valence-corrected chi connectivity index (χ1v) is 4.95. The molecule has 2 N–H and O–H groups in total. The van der Waals surface area contributed by atoms with Crippen molar-refractivity contribution in [3.05, 3.63) is 60.7 Å². The van der Waals surface area contributed by atoms with Gasteiger partial charge in [-0.25, -0.2) is 0 Å². The Balaban J connectivity index is 0.000000165. The Morgan fingerprint density at radius 1 is 0.875 bits per heavy atom. The zero-order chi connectivity index (χ0) is 11.6. The predicted molar refractivity (Wildman–Crippen MR) is 64.2 cm³/mol. The third-order valence-electron chi connectivity index (χ3n) is 1.72. The number of phenols is 1. The molecule has 2 aromatic carbocycles. The van der Waals surface area contributed by atoms with Crippen molar-refractivity contribution in [2.24, 2.45) is 0 Å². The standard InChI is InChI=1S/C7H9NO.C6H6O/c1-8-9-7-5-3-2-4-6-7;7-6-4-2-1-3-5-6/h2-6,8H,1H3;1-5,7H. The van der Waals surface area contributed by atoms with Crippen LogP contribution in [0.25, 0.3) is 0 Å². The summed E-state index contributed by atoms with van der Waals surface area (Å²) in [4.78, 5) is 4.96. The summed E-state index contributed by atoms with van der Waals surface area (Å²) in [5.41, 5.74) is 2.58. The zero-order valence-electron chi connectivity index (χ0n) is 9.13. The molecule has 0 amide bonds. The first kappa shape index (κ1) is 12.1. The highest BCUT2D eigenvalue weighted by Gasteiger charge is 1.84. The first-order valence-electron chi connectivity index (χ1n) is 4.95. The van der Waals surface area contributed by atoms with E-state index in [-0.39, 0.29) is 0 Å². The molecule has 0 fully saturated rings. The Labute approximate surface area is 95.3 Å². The third-order valence-corrected chi connectivity index (χ3v) is 1.72. The molecule has 0 bridgehead atoms. The monoisotopic (exact) mass is 217 g/mol. The van der Waals surface area contributed by atoms with Crippen LogP contribution in [0.4, 0.5) is 0 Å². The minimum atomic E-state index is 0.322. The van der Waals surface area contributed by atoms with Gasteiger partial charge in [-0.1, -0.05) is 36.4 Å². The molecule has 0 spiro atoms. The van der Waals surface area contributed by atoms with Crippen LogP contribution in [0.1, 0.15) is 0 Å². The average Bonchev–Trinajstić information content (AvgIpc) is 2.33. The molecule has 3 nitrogen and oxygen atoms in total. The number of hydrogen-bond acceptors (Lipinski definition) is 3. The molecule has 2 aromatic rings. The fourth-order valence-corrected chi connectivity index (χ4v) is 1.03. The van der Waals surface area contributed by atoms with E-state index in [1.54, 1.807) is 31.3 Å². The van der Waals surface area contributed by atoms with Crippen molar-refractivity contribution in [1.82, 2.24) is 5.48 Å². The number of para-hydroxylation sites is 2. The summed E-state index contributed by atoms with van der Waals surface area (Å²) in [5.74, 6) is 1.16. The Morgan fingerprint density at radius 3 is 1.75 bits per heavy atom. The van der Waals surface area contributed by atoms with Crippen molar-refractivity contribution in [3.63, 3.8) is 0 Å². The molecule has 0 saturated heterocycles. The second-order valence-electron chi connectivity index (χ2n) is 2.95. The van der Waals surface area contributed by atoms with Gasteiger partial charge in [-0.15, -0.1) is 0 Å². The first-order chi connectivity index (χ1) is 7.83. The van der Waals surface area contributed by atoms with Gasteiger partial charge in [0.15, 0.2) is 0 Å². The second-order valence-corrected chi connectivity index (χ2v) is 2.95. The molecular weight excluding hydrogens is 202 g/mol. The fraction of sp³-hybridized carbons (Fsp3) is 0.0769. The molecule has 0 aliphatic rings. The molecule has 0 radical (unpaired) electrons. The van der Waals surface area contributed by atoms with Crippen molar-refractivity contribution in [2.45, 2.75) is 0 Å². The number of nitrogens with one attached hydrogen (secondary N) is 1. The molecule has 0 aromatic heterocycles. The van der Waals surface area contributed by atoms with E-state index >= 15 is 0 Å². The molecule has 2 rings (SSSR count). The molecular formula is C13H15NO2. The molecule has 16 heavy (non-hydrogen) atoms. The molecule has 0 atom stereocenters. The van der Waals surface area contributed by atoms with E-state index in [0.717, 1.165) is 5.75 Å². The number of aromatic hydroxyl groups is 1. The molecule has 0 heterocycles. The Bertz CT molecular complexity index is 376. The molecule has 0 unspecified atom stereocenters. The van der Waals surface area contributed by atoms with E-state index in [4.69, 9.17) is 9.94 Å². The summed E-state index contributed by atoms with van der Waals surface area (Å²) in [6, 6.07) is 18.3. The fourth-order valence-electron chi connectivity index (χ4n) is 1.03. The summed E-state index contributed by atoms with van der Waals surface area (Å²) < 4.78 is 0. The normalized spacial score (nSPS) is 8.81. The lowest BCUT2D eigenvalue weighted by Crippen LogP contribution is -2.10. The quantitative estimate of drug-likeness (QED) is 0.760. The van der Waals surface area contributed by atoms with Crippen molar-refractivity contribution >= 4 is 0 Å². The average molecular weight is 217 g/mol. The van der Waals surface area contributed by atoms with Crippen molar-refractivity contribution in [2.75, 3.05) is 7.05 Å². The van der Waals surface area contributed by atoms with Crippen LogP contribution in [0.5, 0.6) is 11.5 Å². The summed E-state index contributed by atoms with van der Waals surface area (Å²) in [7, 11) is 1.73. The minimum absolute atomic E-state index is 0.322. The maximum absolute atomic E-state index is 8.63. The zero-order valence-corrected chi connectivity index (χ0v) is 9.13. The maximum atomic E-state index is 8.63. The van der Waals surface area contributed by atoms with Gasteiger partial charge in [0.25, 0.3) is 0 Å². The van der Waals surface area contributed by atoms with E-state index in [9.17, 15) is 0 Å². The number of hydrogen-bond donors (Lipinski definition) is 2. The van der Waals surface area contributed by atoms with Gasteiger partial charge in [0, 0.05) is 7.05 Å². The Kier molecular flexibility index (Phi) is 5.52.